The SMILES string of the molecule is NC(N)=Nc1nnc2c(n1)CC(c1ccccc1)CC2.NC(N)=Nc1nnc2c(n1)CCC(c1ccccc1)C2. The number of nitrogens with two attached hydrogens (primary N) is 4. The van der Waals surface area contributed by atoms with Crippen LogP contribution in [0.1, 0.15) is 58.6 Å². The highest BCUT2D eigenvalue weighted by Gasteiger charge is 2.24. The third-order valence-electron chi connectivity index (χ3n) is 7.00. The van der Waals surface area contributed by atoms with Crippen molar-refractivity contribution in [3.8, 4) is 0 Å². The maximum atomic E-state index is 5.34. The van der Waals surface area contributed by atoms with Gasteiger partial charge in [-0.15, -0.1) is 20.4 Å². The van der Waals surface area contributed by atoms with Gasteiger partial charge >= 0.3 is 0 Å². The van der Waals surface area contributed by atoms with Gasteiger partial charge in [0.05, 0.1) is 22.8 Å². The van der Waals surface area contributed by atoms with Crippen molar-refractivity contribution in [3.05, 3.63) is 94.6 Å². The minimum Gasteiger partial charge on any atom is -0.370 e. The number of hydrogen-bond donors (Lipinski definition) is 4. The Morgan fingerprint density at radius 1 is 0.550 bits per heavy atom. The van der Waals surface area contributed by atoms with Gasteiger partial charge in [-0.25, -0.2) is 9.97 Å². The zero-order valence-corrected chi connectivity index (χ0v) is 22.1. The second-order valence-electron chi connectivity index (χ2n) is 9.78. The Morgan fingerprint density at radius 2 is 1.00 bits per heavy atom. The lowest BCUT2D eigenvalue weighted by atomic mass is 9.84. The summed E-state index contributed by atoms with van der Waals surface area (Å²) in [6, 6.07) is 20.9. The summed E-state index contributed by atoms with van der Waals surface area (Å²) in [4.78, 5) is 16.5. The smallest absolute Gasteiger partial charge is 0.272 e. The fraction of sp³-hybridized carbons (Fsp3) is 0.286. The normalized spacial score (nSPS) is 17.3. The monoisotopic (exact) mass is 536 g/mol. The number of rotatable bonds is 4. The number of aliphatic imine (C=N–C) groups is 2. The number of fused-ring (bicyclic) bond motifs is 2. The van der Waals surface area contributed by atoms with Crippen molar-refractivity contribution < 1.29 is 0 Å². The highest BCUT2D eigenvalue weighted by molar-refractivity contribution is 5.78. The maximum Gasteiger partial charge on any atom is 0.272 e. The summed E-state index contributed by atoms with van der Waals surface area (Å²) in [5, 5.41) is 16.3. The van der Waals surface area contributed by atoms with E-state index in [1.165, 1.54) is 11.1 Å². The largest absolute Gasteiger partial charge is 0.370 e. The Balaban J connectivity index is 0.000000161. The van der Waals surface area contributed by atoms with Crippen LogP contribution in [0.15, 0.2) is 70.6 Å². The molecule has 0 spiro atoms. The first-order valence-electron chi connectivity index (χ1n) is 13.2. The summed E-state index contributed by atoms with van der Waals surface area (Å²) in [7, 11) is 0. The average Bonchev–Trinajstić information content (AvgIpc) is 2.97. The predicted molar refractivity (Wildman–Crippen MR) is 153 cm³/mol. The van der Waals surface area contributed by atoms with E-state index in [1.807, 2.05) is 12.1 Å². The zero-order valence-electron chi connectivity index (χ0n) is 22.1. The lowest BCUT2D eigenvalue weighted by Gasteiger charge is -2.22. The van der Waals surface area contributed by atoms with Crippen LogP contribution in [0.25, 0.3) is 0 Å². The molecule has 2 unspecified atom stereocenters. The molecule has 12 nitrogen and oxygen atoms in total. The van der Waals surface area contributed by atoms with Crippen LogP contribution in [0.4, 0.5) is 11.9 Å². The molecular formula is C28H32N12. The first-order chi connectivity index (χ1) is 19.4. The molecule has 2 aromatic heterocycles. The van der Waals surface area contributed by atoms with Gasteiger partial charge in [-0.2, -0.15) is 9.98 Å². The molecule has 0 saturated carbocycles. The van der Waals surface area contributed by atoms with Crippen molar-refractivity contribution in [1.29, 1.82) is 0 Å². The van der Waals surface area contributed by atoms with Gasteiger partial charge in [0, 0.05) is 6.42 Å². The minimum atomic E-state index is -0.0535. The summed E-state index contributed by atoms with van der Waals surface area (Å²) in [6.45, 7) is 0. The Labute approximate surface area is 232 Å². The van der Waals surface area contributed by atoms with Gasteiger partial charge in [0.2, 0.25) is 0 Å². The average molecular weight is 537 g/mol. The van der Waals surface area contributed by atoms with Gasteiger partial charge in [0.1, 0.15) is 0 Å². The zero-order chi connectivity index (χ0) is 27.9. The molecule has 0 fully saturated rings. The topological polar surface area (TPSA) is 206 Å². The van der Waals surface area contributed by atoms with E-state index in [2.05, 4.69) is 88.9 Å². The molecule has 2 heterocycles. The van der Waals surface area contributed by atoms with Crippen molar-refractivity contribution in [2.45, 2.75) is 50.4 Å². The van der Waals surface area contributed by atoms with E-state index in [4.69, 9.17) is 22.9 Å². The summed E-state index contributed by atoms with van der Waals surface area (Å²) < 4.78 is 0. The Hall–Kier alpha value is -5.00. The molecule has 204 valence electrons. The van der Waals surface area contributed by atoms with E-state index in [-0.39, 0.29) is 23.8 Å². The lowest BCUT2D eigenvalue weighted by molar-refractivity contribution is 0.552. The molecule has 12 heteroatoms. The molecule has 0 saturated heterocycles. The van der Waals surface area contributed by atoms with Crippen molar-refractivity contribution in [3.63, 3.8) is 0 Å². The molecule has 2 aliphatic carbocycles. The number of nitrogens with zero attached hydrogens (tertiary/aromatic N) is 8. The van der Waals surface area contributed by atoms with Crippen LogP contribution < -0.4 is 22.9 Å². The molecule has 40 heavy (non-hydrogen) atoms. The lowest BCUT2D eigenvalue weighted by Crippen LogP contribution is -2.22. The van der Waals surface area contributed by atoms with Crippen molar-refractivity contribution >= 4 is 23.8 Å². The maximum absolute atomic E-state index is 5.34. The van der Waals surface area contributed by atoms with Gasteiger partial charge in [-0.05, 0) is 55.1 Å². The Bertz CT molecular complexity index is 1500. The molecule has 6 rings (SSSR count). The second-order valence-corrected chi connectivity index (χ2v) is 9.78. The van der Waals surface area contributed by atoms with Gasteiger partial charge in [-0.1, -0.05) is 60.7 Å². The van der Waals surface area contributed by atoms with Crippen molar-refractivity contribution in [2.24, 2.45) is 32.9 Å². The van der Waals surface area contributed by atoms with Crippen LogP contribution in [0.2, 0.25) is 0 Å². The van der Waals surface area contributed by atoms with Crippen LogP contribution in [0, 0.1) is 0 Å². The van der Waals surface area contributed by atoms with E-state index in [9.17, 15) is 0 Å². The molecular weight excluding hydrogens is 504 g/mol. The third kappa shape index (κ3) is 6.70. The van der Waals surface area contributed by atoms with E-state index < -0.39 is 0 Å². The molecule has 2 atom stereocenters. The Morgan fingerprint density at radius 3 is 1.52 bits per heavy atom. The molecule has 2 aliphatic rings. The van der Waals surface area contributed by atoms with Crippen LogP contribution in [0.5, 0.6) is 0 Å². The van der Waals surface area contributed by atoms with Gasteiger partial charge in [0.15, 0.2) is 11.9 Å². The Kier molecular flexibility index (Phi) is 8.14. The van der Waals surface area contributed by atoms with Crippen molar-refractivity contribution in [1.82, 2.24) is 30.4 Å². The van der Waals surface area contributed by atoms with Crippen molar-refractivity contribution in [2.75, 3.05) is 0 Å². The minimum absolute atomic E-state index is 0.0512. The summed E-state index contributed by atoms with van der Waals surface area (Å²) in [6.07, 6.45) is 5.59. The standard InChI is InChI=1S/2C14H16N6/c15-13(16)18-14-17-12-8-10(6-7-11(12)19-20-14)9-4-2-1-3-5-9;15-13(16)18-14-17-11-7-6-10(8-12(11)19-20-14)9-4-2-1-3-5-9/h2*1-5,10H,6-8H2,(H4,15,16,17,18,20). The van der Waals surface area contributed by atoms with E-state index >= 15 is 0 Å². The highest BCUT2D eigenvalue weighted by atomic mass is 15.2. The van der Waals surface area contributed by atoms with Crippen LogP contribution in [0.3, 0.4) is 0 Å². The van der Waals surface area contributed by atoms with E-state index in [1.54, 1.807) is 0 Å². The fourth-order valence-corrected chi connectivity index (χ4v) is 5.10. The van der Waals surface area contributed by atoms with E-state index in [0.717, 1.165) is 61.3 Å². The first kappa shape index (κ1) is 26.6. The van der Waals surface area contributed by atoms with Gasteiger partial charge in [-0.3, -0.25) is 0 Å². The summed E-state index contributed by atoms with van der Waals surface area (Å²) >= 11 is 0. The second kappa shape index (κ2) is 12.2. The van der Waals surface area contributed by atoms with Gasteiger partial charge in [0.25, 0.3) is 11.9 Å². The molecule has 2 aromatic carbocycles. The van der Waals surface area contributed by atoms with Crippen LogP contribution >= 0.6 is 0 Å². The summed E-state index contributed by atoms with van der Waals surface area (Å²) in [5.74, 6) is 1.31. The predicted octanol–water partition coefficient (Wildman–Crippen LogP) is 2.10. The molecule has 4 aromatic rings. The molecule has 8 N–H and O–H groups in total. The number of guanidine groups is 2. The molecule has 0 amide bonds. The molecule has 0 radical (unpaired) electrons. The van der Waals surface area contributed by atoms with Crippen LogP contribution in [-0.2, 0) is 25.7 Å². The van der Waals surface area contributed by atoms with Crippen LogP contribution in [-0.4, -0.2) is 42.3 Å². The number of aryl methyl sites for hydroxylation is 2. The third-order valence-corrected chi connectivity index (χ3v) is 7.00. The van der Waals surface area contributed by atoms with Gasteiger partial charge < -0.3 is 22.9 Å². The number of aromatic nitrogens is 6. The molecule has 0 bridgehead atoms. The fourth-order valence-electron chi connectivity index (χ4n) is 5.10. The highest BCUT2D eigenvalue weighted by Crippen LogP contribution is 2.32. The summed E-state index contributed by atoms with van der Waals surface area (Å²) in [5.41, 5.74) is 27.8. The number of benzene rings is 2. The molecule has 0 aliphatic heterocycles. The quantitative estimate of drug-likeness (QED) is 0.220. The van der Waals surface area contributed by atoms with E-state index in [0.29, 0.717) is 11.8 Å². The number of hydrogen-bond acceptors (Lipinski definition) is 8. The first-order valence-corrected chi connectivity index (χ1v) is 13.2.